The van der Waals surface area contributed by atoms with Gasteiger partial charge in [0.25, 0.3) is 0 Å². The normalized spacial score (nSPS) is 11.9. The zero-order valence-corrected chi connectivity index (χ0v) is 15.7. The molecule has 2 aromatic carbocycles. The molecule has 0 heterocycles. The van der Waals surface area contributed by atoms with Gasteiger partial charge in [0.1, 0.15) is 11.5 Å². The lowest BCUT2D eigenvalue weighted by Crippen LogP contribution is -2.28. The second kappa shape index (κ2) is 8.04. The lowest BCUT2D eigenvalue weighted by atomic mass is 10.2. The molecule has 122 valence electrons. The molecule has 0 bridgehead atoms. The number of esters is 1. The van der Waals surface area contributed by atoms with Crippen LogP contribution in [0.15, 0.2) is 40.9 Å². The van der Waals surface area contributed by atoms with Crippen molar-refractivity contribution in [1.29, 1.82) is 0 Å². The van der Waals surface area contributed by atoms with Crippen molar-refractivity contribution in [3.05, 3.63) is 56.5 Å². The van der Waals surface area contributed by atoms with Gasteiger partial charge in [-0.05, 0) is 65.2 Å². The highest BCUT2D eigenvalue weighted by Gasteiger charge is 2.19. The summed E-state index contributed by atoms with van der Waals surface area (Å²) >= 11 is 15.3. The SMILES string of the molecule is CCc1ccc(OC(=O)C(C)Oc2ccc(Cl)cc2Cl)c(Br)c1. The highest BCUT2D eigenvalue weighted by molar-refractivity contribution is 9.10. The van der Waals surface area contributed by atoms with Gasteiger partial charge in [-0.1, -0.05) is 36.2 Å². The first kappa shape index (κ1) is 18.1. The predicted molar refractivity (Wildman–Crippen MR) is 95.7 cm³/mol. The quantitative estimate of drug-likeness (QED) is 0.462. The Balaban J connectivity index is 2.05. The van der Waals surface area contributed by atoms with Gasteiger partial charge < -0.3 is 9.47 Å². The fraction of sp³-hybridized carbons (Fsp3) is 0.235. The van der Waals surface area contributed by atoms with Gasteiger partial charge in [-0.25, -0.2) is 4.79 Å². The molecule has 0 aliphatic rings. The van der Waals surface area contributed by atoms with Gasteiger partial charge in [0, 0.05) is 5.02 Å². The average Bonchev–Trinajstić information content (AvgIpc) is 2.51. The van der Waals surface area contributed by atoms with Crippen molar-refractivity contribution in [1.82, 2.24) is 0 Å². The lowest BCUT2D eigenvalue weighted by molar-refractivity contribution is -0.141. The van der Waals surface area contributed by atoms with Crippen LogP contribution in [0.3, 0.4) is 0 Å². The maximum Gasteiger partial charge on any atom is 0.352 e. The second-order valence-corrected chi connectivity index (χ2v) is 6.57. The summed E-state index contributed by atoms with van der Waals surface area (Å²) in [5, 5.41) is 0.836. The van der Waals surface area contributed by atoms with Crippen LogP contribution in [0.2, 0.25) is 10.0 Å². The first-order valence-corrected chi connectivity index (χ1v) is 8.57. The smallest absolute Gasteiger partial charge is 0.352 e. The Morgan fingerprint density at radius 1 is 1.17 bits per heavy atom. The van der Waals surface area contributed by atoms with E-state index in [0.717, 1.165) is 16.5 Å². The van der Waals surface area contributed by atoms with Gasteiger partial charge in [-0.3, -0.25) is 0 Å². The molecule has 0 aromatic heterocycles. The van der Waals surface area contributed by atoms with Crippen LogP contribution in [0.5, 0.6) is 11.5 Å². The number of aryl methyl sites for hydroxylation is 1. The summed E-state index contributed by atoms with van der Waals surface area (Å²) in [6.45, 7) is 3.65. The third-order valence-electron chi connectivity index (χ3n) is 3.14. The molecule has 6 heteroatoms. The number of rotatable bonds is 5. The predicted octanol–water partition coefficient (Wildman–Crippen LogP) is 5.69. The van der Waals surface area contributed by atoms with E-state index in [2.05, 4.69) is 22.9 Å². The van der Waals surface area contributed by atoms with Gasteiger partial charge >= 0.3 is 5.97 Å². The van der Waals surface area contributed by atoms with Crippen LogP contribution < -0.4 is 9.47 Å². The zero-order chi connectivity index (χ0) is 17.0. The highest BCUT2D eigenvalue weighted by Crippen LogP contribution is 2.29. The topological polar surface area (TPSA) is 35.5 Å². The van der Waals surface area contributed by atoms with Crippen molar-refractivity contribution in [3.8, 4) is 11.5 Å². The fourth-order valence-electron chi connectivity index (χ4n) is 1.85. The van der Waals surface area contributed by atoms with Crippen LogP contribution in [-0.2, 0) is 11.2 Å². The molecule has 2 rings (SSSR count). The van der Waals surface area contributed by atoms with Crippen LogP contribution in [-0.4, -0.2) is 12.1 Å². The summed E-state index contributed by atoms with van der Waals surface area (Å²) in [7, 11) is 0. The average molecular weight is 418 g/mol. The lowest BCUT2D eigenvalue weighted by Gasteiger charge is -2.15. The summed E-state index contributed by atoms with van der Waals surface area (Å²) in [6.07, 6.45) is 0.0907. The number of carbonyl (C=O) groups excluding carboxylic acids is 1. The molecule has 0 fully saturated rings. The van der Waals surface area contributed by atoms with E-state index in [1.807, 2.05) is 12.1 Å². The summed E-state index contributed by atoms with van der Waals surface area (Å²) < 4.78 is 11.6. The molecule has 0 amide bonds. The van der Waals surface area contributed by atoms with Crippen molar-refractivity contribution in [3.63, 3.8) is 0 Å². The molecule has 3 nitrogen and oxygen atoms in total. The van der Waals surface area contributed by atoms with E-state index in [1.165, 1.54) is 0 Å². The van der Waals surface area contributed by atoms with Gasteiger partial charge in [0.05, 0.1) is 9.50 Å². The van der Waals surface area contributed by atoms with Crippen molar-refractivity contribution in [2.24, 2.45) is 0 Å². The van der Waals surface area contributed by atoms with E-state index in [9.17, 15) is 4.79 Å². The minimum atomic E-state index is -0.813. The molecular weight excluding hydrogens is 403 g/mol. The molecule has 0 aliphatic heterocycles. The maximum atomic E-state index is 12.2. The molecule has 0 spiro atoms. The van der Waals surface area contributed by atoms with Crippen LogP contribution in [0.1, 0.15) is 19.4 Å². The Hall–Kier alpha value is -1.23. The fourth-order valence-corrected chi connectivity index (χ4v) is 2.81. The Kier molecular flexibility index (Phi) is 6.33. The largest absolute Gasteiger partial charge is 0.477 e. The molecule has 1 atom stereocenters. The minimum Gasteiger partial charge on any atom is -0.477 e. The van der Waals surface area contributed by atoms with Gasteiger partial charge in [-0.15, -0.1) is 0 Å². The Labute approximate surface area is 153 Å². The van der Waals surface area contributed by atoms with Crippen LogP contribution >= 0.6 is 39.1 Å². The molecule has 0 saturated heterocycles. The monoisotopic (exact) mass is 416 g/mol. The molecule has 0 N–H and O–H groups in total. The van der Waals surface area contributed by atoms with Crippen LogP contribution in [0.25, 0.3) is 0 Å². The van der Waals surface area contributed by atoms with Crippen LogP contribution in [0, 0.1) is 0 Å². The highest BCUT2D eigenvalue weighted by atomic mass is 79.9. The van der Waals surface area contributed by atoms with E-state index in [-0.39, 0.29) is 0 Å². The molecule has 0 radical (unpaired) electrons. The van der Waals surface area contributed by atoms with Gasteiger partial charge in [0.2, 0.25) is 0 Å². The number of hydrogen-bond acceptors (Lipinski definition) is 3. The first-order chi connectivity index (χ1) is 10.9. The van der Waals surface area contributed by atoms with E-state index >= 15 is 0 Å². The Morgan fingerprint density at radius 3 is 2.48 bits per heavy atom. The molecule has 23 heavy (non-hydrogen) atoms. The third kappa shape index (κ3) is 4.87. The summed E-state index contributed by atoms with van der Waals surface area (Å²) in [5.41, 5.74) is 1.15. The zero-order valence-electron chi connectivity index (χ0n) is 12.6. The number of carbonyl (C=O) groups is 1. The molecule has 0 saturated carbocycles. The maximum absolute atomic E-state index is 12.2. The molecule has 2 aromatic rings. The van der Waals surface area contributed by atoms with E-state index < -0.39 is 12.1 Å². The van der Waals surface area contributed by atoms with Crippen molar-refractivity contribution >= 4 is 45.1 Å². The molecule has 1 unspecified atom stereocenters. The number of ether oxygens (including phenoxy) is 2. The number of hydrogen-bond donors (Lipinski definition) is 0. The second-order valence-electron chi connectivity index (χ2n) is 4.87. The third-order valence-corrected chi connectivity index (χ3v) is 4.29. The standard InChI is InChI=1S/C17H15BrCl2O3/c1-3-11-4-6-15(13(18)8-11)23-17(21)10(2)22-16-7-5-12(19)9-14(16)20/h4-10H,3H2,1-2H3. The van der Waals surface area contributed by atoms with Crippen molar-refractivity contribution in [2.75, 3.05) is 0 Å². The Bertz CT molecular complexity index is 719. The van der Waals surface area contributed by atoms with E-state index in [4.69, 9.17) is 32.7 Å². The van der Waals surface area contributed by atoms with Crippen molar-refractivity contribution < 1.29 is 14.3 Å². The van der Waals surface area contributed by atoms with E-state index in [0.29, 0.717) is 21.5 Å². The van der Waals surface area contributed by atoms with Crippen LogP contribution in [0.4, 0.5) is 0 Å². The molecule has 0 aliphatic carbocycles. The Morgan fingerprint density at radius 2 is 1.87 bits per heavy atom. The summed E-state index contributed by atoms with van der Waals surface area (Å²) in [6, 6.07) is 10.4. The summed E-state index contributed by atoms with van der Waals surface area (Å²) in [5.74, 6) is 0.312. The molecular formula is C17H15BrCl2O3. The number of halogens is 3. The minimum absolute atomic E-state index is 0.339. The summed E-state index contributed by atoms with van der Waals surface area (Å²) in [4.78, 5) is 12.2. The van der Waals surface area contributed by atoms with Gasteiger partial charge in [0.15, 0.2) is 6.10 Å². The number of benzene rings is 2. The van der Waals surface area contributed by atoms with Crippen molar-refractivity contribution in [2.45, 2.75) is 26.4 Å². The van der Waals surface area contributed by atoms with E-state index in [1.54, 1.807) is 31.2 Å². The van der Waals surface area contributed by atoms with Gasteiger partial charge in [-0.2, -0.15) is 0 Å². The first-order valence-electron chi connectivity index (χ1n) is 7.02.